The second-order valence-electron chi connectivity index (χ2n) is 6.24. The molecular weight excluding hydrogens is 316 g/mol. The van der Waals surface area contributed by atoms with Crippen LogP contribution in [0.5, 0.6) is 5.75 Å². The van der Waals surface area contributed by atoms with Crippen molar-refractivity contribution in [1.29, 1.82) is 0 Å². The Morgan fingerprint density at radius 1 is 1.20 bits per heavy atom. The molecule has 128 valence electrons. The Morgan fingerprint density at radius 3 is 2.72 bits per heavy atom. The summed E-state index contributed by atoms with van der Waals surface area (Å²) in [4.78, 5) is 24.0. The zero-order valence-electron chi connectivity index (χ0n) is 14.3. The number of aromatic amines is 2. The van der Waals surface area contributed by atoms with Crippen LogP contribution in [0.1, 0.15) is 34.0 Å². The Hall–Kier alpha value is -3.02. The first-order chi connectivity index (χ1) is 12.2. The number of imidazole rings is 1. The molecule has 6 heteroatoms. The first-order valence-corrected chi connectivity index (χ1v) is 8.37. The summed E-state index contributed by atoms with van der Waals surface area (Å²) in [5.41, 5.74) is 5.35. The Balaban J connectivity index is 1.68. The number of benzene rings is 1. The number of nitrogens with one attached hydrogen (secondary N) is 3. The third-order valence-corrected chi connectivity index (χ3v) is 4.54. The molecule has 6 nitrogen and oxygen atoms in total. The van der Waals surface area contributed by atoms with Crippen LogP contribution in [0.3, 0.4) is 0 Å². The highest BCUT2D eigenvalue weighted by molar-refractivity contribution is 6.09. The molecule has 25 heavy (non-hydrogen) atoms. The lowest BCUT2D eigenvalue weighted by atomic mass is 10.1. The van der Waals surface area contributed by atoms with E-state index in [9.17, 15) is 4.79 Å². The number of anilines is 1. The van der Waals surface area contributed by atoms with Gasteiger partial charge in [-0.1, -0.05) is 0 Å². The molecule has 0 saturated carbocycles. The van der Waals surface area contributed by atoms with Gasteiger partial charge in [0.15, 0.2) is 0 Å². The number of rotatable bonds is 3. The minimum Gasteiger partial charge on any atom is -0.497 e. The smallest absolute Gasteiger partial charge is 0.257 e. The summed E-state index contributed by atoms with van der Waals surface area (Å²) < 4.78 is 5.15. The molecule has 1 amide bonds. The van der Waals surface area contributed by atoms with Crippen molar-refractivity contribution < 1.29 is 9.53 Å². The topological polar surface area (TPSA) is 82.8 Å². The van der Waals surface area contributed by atoms with Crippen molar-refractivity contribution in [2.45, 2.75) is 26.2 Å². The molecule has 0 bridgehead atoms. The monoisotopic (exact) mass is 336 g/mol. The van der Waals surface area contributed by atoms with Gasteiger partial charge in [0.25, 0.3) is 5.91 Å². The summed E-state index contributed by atoms with van der Waals surface area (Å²) in [5.74, 6) is 1.49. The highest BCUT2D eigenvalue weighted by atomic mass is 16.5. The maximum Gasteiger partial charge on any atom is 0.257 e. The number of carbonyl (C=O) groups is 1. The molecule has 0 radical (unpaired) electrons. The van der Waals surface area contributed by atoms with E-state index in [0.29, 0.717) is 5.56 Å². The molecule has 0 aliphatic heterocycles. The lowest BCUT2D eigenvalue weighted by Crippen LogP contribution is -2.12. The van der Waals surface area contributed by atoms with Gasteiger partial charge in [0.2, 0.25) is 0 Å². The third-order valence-electron chi connectivity index (χ3n) is 4.54. The number of hydrogen-bond acceptors (Lipinski definition) is 3. The molecule has 2 heterocycles. The van der Waals surface area contributed by atoms with Crippen LogP contribution in [0, 0.1) is 6.92 Å². The molecule has 4 rings (SSSR count). The fraction of sp³-hybridized carbons (Fsp3) is 0.263. The van der Waals surface area contributed by atoms with Crippen LogP contribution in [0.25, 0.3) is 11.3 Å². The number of H-pyrrole nitrogens is 2. The van der Waals surface area contributed by atoms with E-state index < -0.39 is 0 Å². The van der Waals surface area contributed by atoms with Crippen molar-refractivity contribution in [3.8, 4) is 17.0 Å². The molecular formula is C19H20N4O2. The lowest BCUT2D eigenvalue weighted by Gasteiger charge is -2.07. The molecule has 1 aliphatic carbocycles. The zero-order chi connectivity index (χ0) is 17.4. The Bertz CT molecular complexity index is 922. The fourth-order valence-corrected chi connectivity index (χ4v) is 3.36. The van der Waals surface area contributed by atoms with Crippen LogP contribution in [0.4, 0.5) is 5.69 Å². The van der Waals surface area contributed by atoms with Crippen LogP contribution in [-0.2, 0) is 12.8 Å². The number of methoxy groups -OCH3 is 1. The summed E-state index contributed by atoms with van der Waals surface area (Å²) in [5, 5.41) is 2.95. The number of fused-ring (bicyclic) bond motifs is 3. The van der Waals surface area contributed by atoms with Crippen LogP contribution in [0.15, 0.2) is 30.5 Å². The summed E-state index contributed by atoms with van der Waals surface area (Å²) in [6.07, 6.45) is 4.66. The molecule has 0 unspecified atom stereocenters. The number of ether oxygens (including phenoxy) is 1. The molecule has 0 spiro atoms. The van der Waals surface area contributed by atoms with Gasteiger partial charge in [-0.2, -0.15) is 0 Å². The van der Waals surface area contributed by atoms with Gasteiger partial charge in [0.05, 0.1) is 18.4 Å². The summed E-state index contributed by atoms with van der Waals surface area (Å²) in [6, 6.07) is 7.29. The second kappa shape index (κ2) is 6.12. The zero-order valence-corrected chi connectivity index (χ0v) is 14.3. The minimum absolute atomic E-state index is 0.142. The number of hydrogen-bond donors (Lipinski definition) is 3. The van der Waals surface area contributed by atoms with Gasteiger partial charge in [-0.15, -0.1) is 0 Å². The van der Waals surface area contributed by atoms with E-state index in [1.165, 1.54) is 0 Å². The molecule has 1 aromatic carbocycles. The maximum atomic E-state index is 12.8. The van der Waals surface area contributed by atoms with Crippen molar-refractivity contribution in [2.24, 2.45) is 0 Å². The van der Waals surface area contributed by atoms with Gasteiger partial charge < -0.3 is 20.0 Å². The first-order valence-electron chi connectivity index (χ1n) is 8.37. The van der Waals surface area contributed by atoms with Crippen LogP contribution < -0.4 is 10.1 Å². The van der Waals surface area contributed by atoms with Crippen LogP contribution in [0.2, 0.25) is 0 Å². The van der Waals surface area contributed by atoms with Crippen molar-refractivity contribution in [1.82, 2.24) is 15.0 Å². The van der Waals surface area contributed by atoms with E-state index in [1.54, 1.807) is 13.3 Å². The Labute approximate surface area is 145 Å². The third kappa shape index (κ3) is 2.80. The van der Waals surface area contributed by atoms with Gasteiger partial charge in [0.1, 0.15) is 11.6 Å². The predicted molar refractivity (Wildman–Crippen MR) is 96.1 cm³/mol. The van der Waals surface area contributed by atoms with E-state index in [-0.39, 0.29) is 5.91 Å². The van der Waals surface area contributed by atoms with Crippen molar-refractivity contribution in [3.63, 3.8) is 0 Å². The van der Waals surface area contributed by atoms with Crippen molar-refractivity contribution in [3.05, 3.63) is 53.2 Å². The standard InChI is InChI=1S/C19H20N4O2/c1-11-21-16-5-3-4-15-17(18(16)22-11)14(10-20-15)19(24)23-12-6-8-13(25-2)9-7-12/h6-10,20H,3-5H2,1-2H3,(H,21,22)(H,23,24). The number of carbonyl (C=O) groups excluding carboxylic acids is 1. The molecule has 0 fully saturated rings. The quantitative estimate of drug-likeness (QED) is 0.685. The Morgan fingerprint density at radius 2 is 1.96 bits per heavy atom. The SMILES string of the molecule is COc1ccc(NC(=O)c2c[nH]c3c2-c2nc(C)[nH]c2CCC3)cc1. The van der Waals surface area contributed by atoms with Gasteiger partial charge in [0, 0.05) is 28.8 Å². The largest absolute Gasteiger partial charge is 0.497 e. The fourth-order valence-electron chi connectivity index (χ4n) is 3.36. The summed E-state index contributed by atoms with van der Waals surface area (Å²) in [7, 11) is 1.62. The first kappa shape index (κ1) is 15.5. The van der Waals surface area contributed by atoms with Crippen molar-refractivity contribution >= 4 is 11.6 Å². The normalized spacial score (nSPS) is 12.9. The number of amides is 1. The molecule has 2 aromatic heterocycles. The molecule has 3 aromatic rings. The van der Waals surface area contributed by atoms with Gasteiger partial charge >= 0.3 is 0 Å². The molecule has 0 atom stereocenters. The molecule has 1 aliphatic rings. The highest BCUT2D eigenvalue weighted by Gasteiger charge is 2.25. The van der Waals surface area contributed by atoms with Gasteiger partial charge in [-0.25, -0.2) is 4.98 Å². The van der Waals surface area contributed by atoms with Crippen LogP contribution in [-0.4, -0.2) is 28.0 Å². The summed E-state index contributed by atoms with van der Waals surface area (Å²) in [6.45, 7) is 1.94. The maximum absolute atomic E-state index is 12.8. The van der Waals surface area contributed by atoms with Crippen LogP contribution >= 0.6 is 0 Å². The van der Waals surface area contributed by atoms with Gasteiger partial charge in [-0.3, -0.25) is 4.79 Å². The Kier molecular flexibility index (Phi) is 3.80. The lowest BCUT2D eigenvalue weighted by molar-refractivity contribution is 0.102. The number of nitrogens with zero attached hydrogens (tertiary/aromatic N) is 1. The van der Waals surface area contributed by atoms with E-state index in [1.807, 2.05) is 31.2 Å². The average Bonchev–Trinajstić information content (AvgIpc) is 3.15. The highest BCUT2D eigenvalue weighted by Crippen LogP contribution is 2.34. The summed E-state index contributed by atoms with van der Waals surface area (Å²) >= 11 is 0. The second-order valence-corrected chi connectivity index (χ2v) is 6.24. The molecule has 3 N–H and O–H groups in total. The van der Waals surface area contributed by atoms with E-state index >= 15 is 0 Å². The van der Waals surface area contributed by atoms with E-state index in [4.69, 9.17) is 4.74 Å². The van der Waals surface area contributed by atoms with E-state index in [0.717, 1.165) is 59.2 Å². The average molecular weight is 336 g/mol. The van der Waals surface area contributed by atoms with Crippen molar-refractivity contribution in [2.75, 3.05) is 12.4 Å². The predicted octanol–water partition coefficient (Wildman–Crippen LogP) is 3.46. The minimum atomic E-state index is -0.142. The van der Waals surface area contributed by atoms with E-state index in [2.05, 4.69) is 20.3 Å². The molecule has 0 saturated heterocycles. The van der Waals surface area contributed by atoms with Gasteiger partial charge in [-0.05, 0) is 50.5 Å². The number of aryl methyl sites for hydroxylation is 3. The number of aromatic nitrogens is 3.